The number of morpholine rings is 1. The largest absolute Gasteiger partial charge is 0.376 e. The Morgan fingerprint density at radius 3 is 2.50 bits per heavy atom. The first-order valence-electron chi connectivity index (χ1n) is 11.2. The van der Waals surface area contributed by atoms with E-state index < -0.39 is 10.0 Å². The molecule has 0 aliphatic carbocycles. The fraction of sp³-hybridized carbons (Fsp3) is 0.458. The minimum absolute atomic E-state index is 0.220. The van der Waals surface area contributed by atoms with Gasteiger partial charge in [0.1, 0.15) is 0 Å². The Morgan fingerprint density at radius 2 is 1.78 bits per heavy atom. The van der Waals surface area contributed by atoms with Crippen LogP contribution >= 0.6 is 0 Å². The summed E-state index contributed by atoms with van der Waals surface area (Å²) in [5, 5.41) is 2.93. The molecule has 1 atom stereocenters. The van der Waals surface area contributed by atoms with Gasteiger partial charge in [-0.05, 0) is 55.2 Å². The van der Waals surface area contributed by atoms with Gasteiger partial charge in [0, 0.05) is 44.8 Å². The molecule has 2 aliphatic heterocycles. The number of nitrogens with one attached hydrogen (secondary N) is 1. The predicted molar refractivity (Wildman–Crippen MR) is 123 cm³/mol. The van der Waals surface area contributed by atoms with Crippen LogP contribution < -0.4 is 5.32 Å². The van der Waals surface area contributed by atoms with Gasteiger partial charge in [-0.2, -0.15) is 4.31 Å². The zero-order valence-electron chi connectivity index (χ0n) is 18.5. The van der Waals surface area contributed by atoms with Crippen molar-refractivity contribution in [2.24, 2.45) is 0 Å². The van der Waals surface area contributed by atoms with Gasteiger partial charge in [0.25, 0.3) is 5.91 Å². The van der Waals surface area contributed by atoms with E-state index in [1.54, 1.807) is 12.1 Å². The van der Waals surface area contributed by atoms with Crippen molar-refractivity contribution < 1.29 is 17.9 Å². The van der Waals surface area contributed by atoms with Crippen LogP contribution in [0.1, 0.15) is 41.3 Å². The van der Waals surface area contributed by atoms with E-state index in [0.29, 0.717) is 25.2 Å². The van der Waals surface area contributed by atoms with Crippen LogP contribution in [0, 0.1) is 0 Å². The molecule has 0 radical (unpaired) electrons. The summed E-state index contributed by atoms with van der Waals surface area (Å²) in [7, 11) is -3.47. The second kappa shape index (κ2) is 10.1. The molecule has 0 saturated carbocycles. The summed E-state index contributed by atoms with van der Waals surface area (Å²) in [6.07, 6.45) is 2.04. The van der Waals surface area contributed by atoms with Gasteiger partial charge < -0.3 is 10.1 Å². The van der Waals surface area contributed by atoms with Crippen molar-refractivity contribution in [2.75, 3.05) is 32.8 Å². The molecule has 172 valence electrons. The predicted octanol–water partition coefficient (Wildman–Crippen LogP) is 2.62. The zero-order chi connectivity index (χ0) is 22.6. The fourth-order valence-electron chi connectivity index (χ4n) is 4.27. The first kappa shape index (κ1) is 22.9. The molecular weight excluding hydrogens is 426 g/mol. The monoisotopic (exact) mass is 457 g/mol. The third-order valence-electron chi connectivity index (χ3n) is 6.00. The molecule has 2 aromatic carbocycles. The van der Waals surface area contributed by atoms with E-state index in [0.717, 1.165) is 44.6 Å². The van der Waals surface area contributed by atoms with E-state index in [-0.39, 0.29) is 16.9 Å². The Kier molecular flexibility index (Phi) is 7.25. The Bertz CT molecular complexity index is 1030. The summed E-state index contributed by atoms with van der Waals surface area (Å²) < 4.78 is 32.4. The number of carbonyl (C=O) groups excluding carboxylic acids is 1. The topological polar surface area (TPSA) is 79.0 Å². The zero-order valence-corrected chi connectivity index (χ0v) is 19.3. The van der Waals surface area contributed by atoms with E-state index in [1.807, 2.05) is 12.1 Å². The lowest BCUT2D eigenvalue weighted by molar-refractivity contribution is -0.0212. The number of benzene rings is 2. The smallest absolute Gasteiger partial charge is 0.251 e. The Labute approximate surface area is 190 Å². The molecule has 7 nitrogen and oxygen atoms in total. The molecular formula is C24H31N3O4S. The van der Waals surface area contributed by atoms with Crippen LogP contribution in [0.5, 0.6) is 0 Å². The summed E-state index contributed by atoms with van der Waals surface area (Å²) >= 11 is 0. The molecule has 2 heterocycles. The third-order valence-corrected chi connectivity index (χ3v) is 7.91. The standard InChI is InChI=1S/C24H31N3O4S/c1-19-17-26(13-14-31-19)18-21-6-4-5-20(15-21)16-25-24(28)22-7-9-23(10-8-22)32(29,30)27-11-2-3-12-27/h4-10,15,19H,2-3,11-14,16-18H2,1H3,(H,25,28). The van der Waals surface area contributed by atoms with Crippen molar-refractivity contribution in [3.05, 3.63) is 65.2 Å². The van der Waals surface area contributed by atoms with Crippen molar-refractivity contribution in [1.82, 2.24) is 14.5 Å². The van der Waals surface area contributed by atoms with Gasteiger partial charge in [-0.3, -0.25) is 9.69 Å². The molecule has 2 fully saturated rings. The van der Waals surface area contributed by atoms with Crippen molar-refractivity contribution in [2.45, 2.75) is 43.9 Å². The Morgan fingerprint density at radius 1 is 1.06 bits per heavy atom. The van der Waals surface area contributed by atoms with Gasteiger partial charge in [-0.1, -0.05) is 24.3 Å². The molecule has 2 saturated heterocycles. The van der Waals surface area contributed by atoms with Crippen molar-refractivity contribution in [3.63, 3.8) is 0 Å². The number of rotatable bonds is 7. The maximum atomic E-state index is 12.6. The molecule has 32 heavy (non-hydrogen) atoms. The summed E-state index contributed by atoms with van der Waals surface area (Å²) in [6, 6.07) is 14.4. The van der Waals surface area contributed by atoms with Crippen LogP contribution in [0.4, 0.5) is 0 Å². The van der Waals surface area contributed by atoms with Gasteiger partial charge in [0.05, 0.1) is 17.6 Å². The lowest BCUT2D eigenvalue weighted by Gasteiger charge is -2.31. The van der Waals surface area contributed by atoms with Crippen LogP contribution in [0.15, 0.2) is 53.4 Å². The summed E-state index contributed by atoms with van der Waals surface area (Å²) in [5.74, 6) is -0.220. The number of nitrogens with zero attached hydrogens (tertiary/aromatic N) is 2. The van der Waals surface area contributed by atoms with E-state index in [4.69, 9.17) is 4.74 Å². The van der Waals surface area contributed by atoms with Crippen molar-refractivity contribution in [1.29, 1.82) is 0 Å². The number of amides is 1. The second-order valence-corrected chi connectivity index (χ2v) is 10.5. The van der Waals surface area contributed by atoms with E-state index >= 15 is 0 Å². The molecule has 1 amide bonds. The molecule has 1 N–H and O–H groups in total. The quantitative estimate of drug-likeness (QED) is 0.692. The molecule has 0 bridgehead atoms. The van der Waals surface area contributed by atoms with E-state index in [2.05, 4.69) is 29.3 Å². The Balaban J connectivity index is 1.33. The lowest BCUT2D eigenvalue weighted by Crippen LogP contribution is -2.40. The van der Waals surface area contributed by atoms with E-state index in [1.165, 1.54) is 22.0 Å². The van der Waals surface area contributed by atoms with Crippen molar-refractivity contribution in [3.8, 4) is 0 Å². The molecule has 2 aliphatic rings. The Hall–Kier alpha value is -2.26. The van der Waals surface area contributed by atoms with Gasteiger partial charge >= 0.3 is 0 Å². The highest BCUT2D eigenvalue weighted by Gasteiger charge is 2.27. The molecule has 2 aromatic rings. The van der Waals surface area contributed by atoms with Crippen LogP contribution in [0.3, 0.4) is 0 Å². The van der Waals surface area contributed by atoms with Crippen LogP contribution in [0.2, 0.25) is 0 Å². The maximum Gasteiger partial charge on any atom is 0.251 e. The minimum Gasteiger partial charge on any atom is -0.376 e. The summed E-state index contributed by atoms with van der Waals surface area (Å²) in [5.41, 5.74) is 2.69. The number of hydrogen-bond donors (Lipinski definition) is 1. The first-order chi connectivity index (χ1) is 15.4. The second-order valence-electron chi connectivity index (χ2n) is 8.55. The average Bonchev–Trinajstić information content (AvgIpc) is 3.34. The highest BCUT2D eigenvalue weighted by atomic mass is 32.2. The SMILES string of the molecule is CC1CN(Cc2cccc(CNC(=O)c3ccc(S(=O)(=O)N4CCCC4)cc3)c2)CCO1. The molecule has 4 rings (SSSR count). The van der Waals surface area contributed by atoms with Gasteiger partial charge in [-0.25, -0.2) is 8.42 Å². The van der Waals surface area contributed by atoms with E-state index in [9.17, 15) is 13.2 Å². The number of sulfonamides is 1. The average molecular weight is 458 g/mol. The van der Waals surface area contributed by atoms with Gasteiger partial charge in [0.2, 0.25) is 10.0 Å². The first-order valence-corrected chi connectivity index (χ1v) is 12.7. The number of hydrogen-bond acceptors (Lipinski definition) is 5. The third kappa shape index (κ3) is 5.56. The van der Waals surface area contributed by atoms with Gasteiger partial charge in [0.15, 0.2) is 0 Å². The highest BCUT2D eigenvalue weighted by molar-refractivity contribution is 7.89. The molecule has 0 spiro atoms. The highest BCUT2D eigenvalue weighted by Crippen LogP contribution is 2.21. The minimum atomic E-state index is -3.47. The maximum absolute atomic E-state index is 12.6. The van der Waals surface area contributed by atoms with Gasteiger partial charge in [-0.15, -0.1) is 0 Å². The summed E-state index contributed by atoms with van der Waals surface area (Å²) in [4.78, 5) is 15.2. The normalized spacial score (nSPS) is 20.3. The van der Waals surface area contributed by atoms with Crippen molar-refractivity contribution >= 4 is 15.9 Å². The van der Waals surface area contributed by atoms with Crippen LogP contribution in [0.25, 0.3) is 0 Å². The fourth-order valence-corrected chi connectivity index (χ4v) is 5.79. The van der Waals surface area contributed by atoms with Crippen LogP contribution in [-0.2, 0) is 27.8 Å². The lowest BCUT2D eigenvalue weighted by atomic mass is 10.1. The molecule has 1 unspecified atom stereocenters. The summed E-state index contributed by atoms with van der Waals surface area (Å²) in [6.45, 7) is 7.10. The van der Waals surface area contributed by atoms with Crippen LogP contribution in [-0.4, -0.2) is 62.4 Å². The molecule has 0 aromatic heterocycles. The number of carbonyl (C=O) groups is 1. The molecule has 8 heteroatoms. The number of ether oxygens (including phenoxy) is 1.